The maximum atomic E-state index is 12.5. The number of nitrogens with one attached hydrogen (secondary N) is 2. The van der Waals surface area contributed by atoms with Crippen molar-refractivity contribution in [2.45, 2.75) is 50.6 Å². The van der Waals surface area contributed by atoms with Crippen molar-refractivity contribution in [3.63, 3.8) is 0 Å². The number of hydrogen-bond donors (Lipinski definition) is 2. The lowest BCUT2D eigenvalue weighted by Gasteiger charge is -2.37. The first-order valence-corrected chi connectivity index (χ1v) is 9.35. The Morgan fingerprint density at radius 3 is 2.75 bits per heavy atom. The van der Waals surface area contributed by atoms with Crippen LogP contribution in [0.3, 0.4) is 0 Å². The van der Waals surface area contributed by atoms with Crippen LogP contribution in [0.5, 0.6) is 0 Å². The monoisotopic (exact) mass is 303 g/mol. The summed E-state index contributed by atoms with van der Waals surface area (Å²) in [6.07, 6.45) is 6.99. The van der Waals surface area contributed by atoms with E-state index < -0.39 is 10.0 Å². The molecule has 0 radical (unpaired) electrons. The van der Waals surface area contributed by atoms with E-state index in [1.54, 1.807) is 0 Å². The standard InChI is InChI=1S/C13H25N3O3S/c1-20(18,19)15-9-7-11-5-2-3-10-16(11)13(17)12-6-4-8-14-12/h11-12,14-15H,2-10H2,1H3. The fraction of sp³-hybridized carbons (Fsp3) is 0.923. The molecule has 2 rings (SSSR count). The van der Waals surface area contributed by atoms with E-state index in [9.17, 15) is 13.2 Å². The van der Waals surface area contributed by atoms with Gasteiger partial charge in [-0.1, -0.05) is 0 Å². The molecule has 116 valence electrons. The zero-order valence-corrected chi connectivity index (χ0v) is 12.9. The van der Waals surface area contributed by atoms with E-state index in [2.05, 4.69) is 10.0 Å². The molecule has 2 saturated heterocycles. The van der Waals surface area contributed by atoms with Crippen LogP contribution in [0.25, 0.3) is 0 Å². The molecule has 6 nitrogen and oxygen atoms in total. The third-order valence-electron chi connectivity index (χ3n) is 4.11. The van der Waals surface area contributed by atoms with Crippen molar-refractivity contribution in [2.75, 3.05) is 25.9 Å². The van der Waals surface area contributed by atoms with Gasteiger partial charge in [-0.3, -0.25) is 4.79 Å². The first-order chi connectivity index (χ1) is 9.47. The van der Waals surface area contributed by atoms with Crippen LogP contribution in [0.4, 0.5) is 0 Å². The smallest absolute Gasteiger partial charge is 0.239 e. The normalized spacial score (nSPS) is 27.8. The molecular weight excluding hydrogens is 278 g/mol. The van der Waals surface area contributed by atoms with Gasteiger partial charge in [0.2, 0.25) is 15.9 Å². The molecule has 7 heteroatoms. The summed E-state index contributed by atoms with van der Waals surface area (Å²) in [5, 5.41) is 3.25. The average Bonchev–Trinajstić information content (AvgIpc) is 2.91. The van der Waals surface area contributed by atoms with Gasteiger partial charge in [0, 0.05) is 19.1 Å². The molecule has 20 heavy (non-hydrogen) atoms. The van der Waals surface area contributed by atoms with Crippen LogP contribution in [-0.2, 0) is 14.8 Å². The Kier molecular flexibility index (Phi) is 5.40. The molecule has 2 aliphatic rings. The first kappa shape index (κ1) is 15.7. The maximum Gasteiger partial charge on any atom is 0.239 e. The number of hydrogen-bond acceptors (Lipinski definition) is 4. The summed E-state index contributed by atoms with van der Waals surface area (Å²) in [5.74, 6) is 0.201. The van der Waals surface area contributed by atoms with Gasteiger partial charge in [-0.05, 0) is 45.1 Å². The molecule has 0 aromatic heterocycles. The summed E-state index contributed by atoms with van der Waals surface area (Å²) < 4.78 is 24.7. The highest BCUT2D eigenvalue weighted by molar-refractivity contribution is 7.88. The predicted molar refractivity (Wildman–Crippen MR) is 77.8 cm³/mol. The number of carbonyl (C=O) groups is 1. The van der Waals surface area contributed by atoms with Crippen LogP contribution in [0, 0.1) is 0 Å². The summed E-state index contributed by atoms with van der Waals surface area (Å²) in [4.78, 5) is 14.5. The van der Waals surface area contributed by atoms with Crippen LogP contribution in [-0.4, -0.2) is 57.2 Å². The minimum Gasteiger partial charge on any atom is -0.338 e. The summed E-state index contributed by atoms with van der Waals surface area (Å²) in [6.45, 7) is 2.14. The van der Waals surface area contributed by atoms with Crippen molar-refractivity contribution >= 4 is 15.9 Å². The molecule has 2 fully saturated rings. The molecule has 0 bridgehead atoms. The summed E-state index contributed by atoms with van der Waals surface area (Å²) in [7, 11) is -3.14. The molecule has 2 aliphatic heterocycles. The second-order valence-electron chi connectivity index (χ2n) is 5.79. The summed E-state index contributed by atoms with van der Waals surface area (Å²) in [5.41, 5.74) is 0. The molecular formula is C13H25N3O3S. The lowest BCUT2D eigenvalue weighted by Crippen LogP contribution is -2.51. The Morgan fingerprint density at radius 2 is 2.10 bits per heavy atom. The number of carbonyl (C=O) groups excluding carboxylic acids is 1. The number of sulfonamides is 1. The minimum atomic E-state index is -3.14. The quantitative estimate of drug-likeness (QED) is 0.753. The van der Waals surface area contributed by atoms with Gasteiger partial charge in [0.1, 0.15) is 0 Å². The minimum absolute atomic E-state index is 0.0292. The van der Waals surface area contributed by atoms with Crippen molar-refractivity contribution < 1.29 is 13.2 Å². The number of piperidine rings is 1. The van der Waals surface area contributed by atoms with E-state index in [0.717, 1.165) is 45.2 Å². The predicted octanol–water partition coefficient (Wildman–Crippen LogP) is 0.0588. The molecule has 2 unspecified atom stereocenters. The molecule has 2 heterocycles. The molecule has 0 saturated carbocycles. The maximum absolute atomic E-state index is 12.5. The average molecular weight is 303 g/mol. The highest BCUT2D eigenvalue weighted by Crippen LogP contribution is 2.22. The van der Waals surface area contributed by atoms with Crippen molar-refractivity contribution in [1.82, 2.24) is 14.9 Å². The van der Waals surface area contributed by atoms with Crippen molar-refractivity contribution in [1.29, 1.82) is 0 Å². The molecule has 0 aliphatic carbocycles. The number of nitrogens with zero attached hydrogens (tertiary/aromatic N) is 1. The molecule has 2 atom stereocenters. The van der Waals surface area contributed by atoms with Gasteiger partial charge in [-0.25, -0.2) is 13.1 Å². The Labute approximate surface area is 121 Å². The van der Waals surface area contributed by atoms with Crippen LogP contribution in [0.1, 0.15) is 38.5 Å². The van der Waals surface area contributed by atoms with Crippen LogP contribution in [0.15, 0.2) is 0 Å². The van der Waals surface area contributed by atoms with Crippen LogP contribution < -0.4 is 10.0 Å². The topological polar surface area (TPSA) is 78.5 Å². The van der Waals surface area contributed by atoms with Gasteiger partial charge in [0.15, 0.2) is 0 Å². The van der Waals surface area contributed by atoms with E-state index >= 15 is 0 Å². The van der Waals surface area contributed by atoms with Gasteiger partial charge >= 0.3 is 0 Å². The Hall–Kier alpha value is -0.660. The van der Waals surface area contributed by atoms with E-state index in [1.165, 1.54) is 6.26 Å². The highest BCUT2D eigenvalue weighted by Gasteiger charge is 2.32. The molecule has 2 N–H and O–H groups in total. The second-order valence-corrected chi connectivity index (χ2v) is 7.62. The third kappa shape index (κ3) is 4.43. The van der Waals surface area contributed by atoms with Crippen LogP contribution >= 0.6 is 0 Å². The van der Waals surface area contributed by atoms with Gasteiger partial charge in [0.25, 0.3) is 0 Å². The third-order valence-corrected chi connectivity index (χ3v) is 4.84. The van der Waals surface area contributed by atoms with Gasteiger partial charge in [-0.15, -0.1) is 0 Å². The van der Waals surface area contributed by atoms with E-state index in [1.807, 2.05) is 4.90 Å². The second kappa shape index (κ2) is 6.87. The SMILES string of the molecule is CS(=O)(=O)NCCC1CCCCN1C(=O)C1CCCN1. The molecule has 0 aromatic carbocycles. The largest absolute Gasteiger partial charge is 0.338 e. The van der Waals surface area contributed by atoms with E-state index in [4.69, 9.17) is 0 Å². The number of likely N-dealkylation sites (tertiary alicyclic amines) is 1. The fourth-order valence-electron chi connectivity index (χ4n) is 3.10. The van der Waals surface area contributed by atoms with Crippen molar-refractivity contribution in [3.8, 4) is 0 Å². The lowest BCUT2D eigenvalue weighted by atomic mass is 9.98. The lowest BCUT2D eigenvalue weighted by molar-refractivity contribution is -0.136. The molecule has 1 amide bonds. The Bertz CT molecular complexity index is 432. The van der Waals surface area contributed by atoms with E-state index in [-0.39, 0.29) is 18.0 Å². The van der Waals surface area contributed by atoms with Gasteiger partial charge in [-0.2, -0.15) is 0 Å². The zero-order chi connectivity index (χ0) is 14.6. The summed E-state index contributed by atoms with van der Waals surface area (Å²) >= 11 is 0. The number of amides is 1. The van der Waals surface area contributed by atoms with Crippen LogP contribution in [0.2, 0.25) is 0 Å². The molecule has 0 aromatic rings. The summed E-state index contributed by atoms with van der Waals surface area (Å²) in [6, 6.07) is 0.145. The highest BCUT2D eigenvalue weighted by atomic mass is 32.2. The Morgan fingerprint density at radius 1 is 1.30 bits per heavy atom. The van der Waals surface area contributed by atoms with Gasteiger partial charge in [0.05, 0.1) is 12.3 Å². The fourth-order valence-corrected chi connectivity index (χ4v) is 3.59. The Balaban J connectivity index is 1.89. The van der Waals surface area contributed by atoms with Crippen molar-refractivity contribution in [3.05, 3.63) is 0 Å². The van der Waals surface area contributed by atoms with Gasteiger partial charge < -0.3 is 10.2 Å². The number of rotatable bonds is 5. The molecule has 0 spiro atoms. The first-order valence-electron chi connectivity index (χ1n) is 7.46. The zero-order valence-electron chi connectivity index (χ0n) is 12.1. The van der Waals surface area contributed by atoms with Crippen molar-refractivity contribution in [2.24, 2.45) is 0 Å². The van der Waals surface area contributed by atoms with E-state index in [0.29, 0.717) is 13.0 Å².